The summed E-state index contributed by atoms with van der Waals surface area (Å²) < 4.78 is 26.7. The lowest BCUT2D eigenvalue weighted by atomic mass is 9.95. The number of halogens is 2. The molecule has 1 heterocycles. The van der Waals surface area contributed by atoms with Crippen LogP contribution in [-0.4, -0.2) is 37.0 Å². The van der Waals surface area contributed by atoms with Gasteiger partial charge in [0.05, 0.1) is 16.1 Å². The van der Waals surface area contributed by atoms with Crippen LogP contribution in [0.3, 0.4) is 0 Å². The van der Waals surface area contributed by atoms with Crippen LogP contribution in [0.2, 0.25) is 10.0 Å². The quantitative estimate of drug-likeness (QED) is 0.922. The molecule has 1 N–H and O–H groups in total. The molecule has 0 aromatic heterocycles. The largest absolute Gasteiger partial charge is 0.393 e. The monoisotopic (exact) mass is 337 g/mol. The Labute approximate surface area is 129 Å². The van der Waals surface area contributed by atoms with Crippen LogP contribution in [0.15, 0.2) is 23.1 Å². The highest BCUT2D eigenvalue weighted by Gasteiger charge is 2.34. The summed E-state index contributed by atoms with van der Waals surface area (Å²) in [5, 5.41) is 9.91. The van der Waals surface area contributed by atoms with Gasteiger partial charge in [-0.05, 0) is 37.8 Å². The second-order valence-corrected chi connectivity index (χ2v) is 7.75. The summed E-state index contributed by atoms with van der Waals surface area (Å²) in [6, 6.07) is 4.63. The summed E-state index contributed by atoms with van der Waals surface area (Å²) in [5.41, 5.74) is 0. The summed E-state index contributed by atoms with van der Waals surface area (Å²) in [6.07, 6.45) is 1.01. The Morgan fingerprint density at radius 3 is 2.50 bits per heavy atom. The van der Waals surface area contributed by atoms with E-state index in [-0.39, 0.29) is 20.9 Å². The van der Waals surface area contributed by atoms with E-state index in [0.29, 0.717) is 13.1 Å². The predicted octanol–water partition coefficient (Wildman–Crippen LogP) is 2.77. The number of piperidine rings is 1. The third-order valence-electron chi connectivity index (χ3n) is 3.62. The summed E-state index contributed by atoms with van der Waals surface area (Å²) in [4.78, 5) is -0.0467. The fraction of sp³-hybridized carbons (Fsp3) is 0.538. The average Bonchev–Trinajstić information content (AvgIpc) is 2.38. The maximum absolute atomic E-state index is 12.7. The Bertz CT molecular complexity index is 569. The SMILES string of the molecule is CC(O)C1CCCN(S(=O)(=O)c2c(Cl)cccc2Cl)C1. The van der Waals surface area contributed by atoms with Crippen LogP contribution in [0.5, 0.6) is 0 Å². The van der Waals surface area contributed by atoms with Crippen molar-refractivity contribution >= 4 is 33.2 Å². The minimum Gasteiger partial charge on any atom is -0.393 e. The molecule has 1 aliphatic rings. The zero-order chi connectivity index (χ0) is 14.9. The van der Waals surface area contributed by atoms with Gasteiger partial charge in [0.25, 0.3) is 0 Å². The van der Waals surface area contributed by atoms with E-state index in [4.69, 9.17) is 23.2 Å². The minimum absolute atomic E-state index is 0.0467. The molecular weight excluding hydrogens is 321 g/mol. The first kappa shape index (κ1) is 16.0. The van der Waals surface area contributed by atoms with Crippen LogP contribution in [0.1, 0.15) is 19.8 Å². The van der Waals surface area contributed by atoms with Gasteiger partial charge < -0.3 is 5.11 Å². The van der Waals surface area contributed by atoms with Crippen molar-refractivity contribution in [3.8, 4) is 0 Å². The van der Waals surface area contributed by atoms with E-state index in [2.05, 4.69) is 0 Å². The molecule has 112 valence electrons. The maximum atomic E-state index is 12.7. The molecule has 1 saturated heterocycles. The number of sulfonamides is 1. The predicted molar refractivity (Wildman–Crippen MR) is 79.6 cm³/mol. The summed E-state index contributed by atoms with van der Waals surface area (Å²) in [6.45, 7) is 2.40. The first-order valence-electron chi connectivity index (χ1n) is 6.46. The molecule has 2 atom stereocenters. The lowest BCUT2D eigenvalue weighted by Crippen LogP contribution is -2.43. The van der Waals surface area contributed by atoms with E-state index in [9.17, 15) is 13.5 Å². The molecule has 7 heteroatoms. The molecule has 0 amide bonds. The maximum Gasteiger partial charge on any atom is 0.246 e. The molecule has 2 rings (SSSR count). The highest BCUT2D eigenvalue weighted by molar-refractivity contribution is 7.89. The number of hydrogen-bond donors (Lipinski definition) is 1. The van der Waals surface area contributed by atoms with Gasteiger partial charge in [0.1, 0.15) is 4.90 Å². The highest BCUT2D eigenvalue weighted by atomic mass is 35.5. The smallest absolute Gasteiger partial charge is 0.246 e. The molecular formula is C13H17Cl2NO3S. The molecule has 2 unspecified atom stereocenters. The van der Waals surface area contributed by atoms with E-state index >= 15 is 0 Å². The van der Waals surface area contributed by atoms with Gasteiger partial charge in [0.15, 0.2) is 0 Å². The Hall–Kier alpha value is -0.330. The fourth-order valence-corrected chi connectivity index (χ4v) is 5.07. The second-order valence-electron chi connectivity index (χ2n) is 5.06. The third kappa shape index (κ3) is 3.12. The number of nitrogens with zero attached hydrogens (tertiary/aromatic N) is 1. The Balaban J connectivity index is 2.35. The van der Waals surface area contributed by atoms with Crippen LogP contribution in [0.25, 0.3) is 0 Å². The summed E-state index contributed by atoms with van der Waals surface area (Å²) in [5.74, 6) is -0.0558. The zero-order valence-electron chi connectivity index (χ0n) is 11.1. The van der Waals surface area contributed by atoms with E-state index in [1.54, 1.807) is 13.0 Å². The lowest BCUT2D eigenvalue weighted by molar-refractivity contribution is 0.0885. The molecule has 4 nitrogen and oxygen atoms in total. The van der Waals surface area contributed by atoms with Crippen molar-refractivity contribution < 1.29 is 13.5 Å². The minimum atomic E-state index is -3.73. The van der Waals surface area contributed by atoms with Gasteiger partial charge in [0, 0.05) is 13.1 Å². The number of benzene rings is 1. The average molecular weight is 338 g/mol. The van der Waals surface area contributed by atoms with Crippen molar-refractivity contribution in [3.05, 3.63) is 28.2 Å². The normalized spacial score (nSPS) is 22.7. The van der Waals surface area contributed by atoms with Gasteiger partial charge in [0.2, 0.25) is 10.0 Å². The molecule has 0 saturated carbocycles. The third-order valence-corrected chi connectivity index (χ3v) is 6.44. The van der Waals surface area contributed by atoms with E-state index in [0.717, 1.165) is 12.8 Å². The second kappa shape index (κ2) is 6.20. The van der Waals surface area contributed by atoms with Gasteiger partial charge in [-0.3, -0.25) is 0 Å². The van der Waals surface area contributed by atoms with Crippen LogP contribution >= 0.6 is 23.2 Å². The molecule has 0 radical (unpaired) electrons. The van der Waals surface area contributed by atoms with Crippen LogP contribution in [0.4, 0.5) is 0 Å². The highest BCUT2D eigenvalue weighted by Crippen LogP contribution is 2.33. The molecule has 20 heavy (non-hydrogen) atoms. The Morgan fingerprint density at radius 2 is 1.95 bits per heavy atom. The van der Waals surface area contributed by atoms with Crippen molar-refractivity contribution in [2.75, 3.05) is 13.1 Å². The summed E-state index contributed by atoms with van der Waals surface area (Å²) >= 11 is 12.0. The van der Waals surface area contributed by atoms with Crippen molar-refractivity contribution in [1.29, 1.82) is 0 Å². The molecule has 1 aromatic rings. The number of aliphatic hydroxyl groups excluding tert-OH is 1. The van der Waals surface area contributed by atoms with Crippen LogP contribution in [-0.2, 0) is 10.0 Å². The molecule has 1 aliphatic heterocycles. The number of hydrogen-bond acceptors (Lipinski definition) is 3. The van der Waals surface area contributed by atoms with Crippen molar-refractivity contribution in [3.63, 3.8) is 0 Å². The van der Waals surface area contributed by atoms with Gasteiger partial charge in [-0.25, -0.2) is 8.42 Å². The van der Waals surface area contributed by atoms with Crippen molar-refractivity contribution in [2.45, 2.75) is 30.8 Å². The summed E-state index contributed by atoms with van der Waals surface area (Å²) in [7, 11) is -3.73. The Morgan fingerprint density at radius 1 is 1.35 bits per heavy atom. The molecule has 1 aromatic carbocycles. The van der Waals surface area contributed by atoms with Gasteiger partial charge in [-0.15, -0.1) is 0 Å². The van der Waals surface area contributed by atoms with E-state index in [1.165, 1.54) is 16.4 Å². The fourth-order valence-electron chi connectivity index (χ4n) is 2.44. The van der Waals surface area contributed by atoms with Crippen molar-refractivity contribution in [1.82, 2.24) is 4.31 Å². The van der Waals surface area contributed by atoms with Gasteiger partial charge >= 0.3 is 0 Å². The molecule has 0 bridgehead atoms. The zero-order valence-corrected chi connectivity index (χ0v) is 13.4. The molecule has 0 aliphatic carbocycles. The first-order valence-corrected chi connectivity index (χ1v) is 8.66. The Kier molecular flexibility index (Phi) is 4.97. The number of rotatable bonds is 3. The van der Waals surface area contributed by atoms with Crippen LogP contribution in [0, 0.1) is 5.92 Å². The lowest BCUT2D eigenvalue weighted by Gasteiger charge is -2.33. The van der Waals surface area contributed by atoms with E-state index < -0.39 is 16.1 Å². The number of aliphatic hydroxyl groups is 1. The van der Waals surface area contributed by atoms with Gasteiger partial charge in [-0.1, -0.05) is 29.3 Å². The van der Waals surface area contributed by atoms with Gasteiger partial charge in [-0.2, -0.15) is 4.31 Å². The van der Waals surface area contributed by atoms with Crippen molar-refractivity contribution in [2.24, 2.45) is 5.92 Å². The molecule has 1 fully saturated rings. The first-order chi connectivity index (χ1) is 9.34. The topological polar surface area (TPSA) is 57.6 Å². The van der Waals surface area contributed by atoms with Crippen LogP contribution < -0.4 is 0 Å². The van der Waals surface area contributed by atoms with E-state index in [1.807, 2.05) is 0 Å². The molecule has 0 spiro atoms. The standard InChI is InChI=1S/C13H17Cl2NO3S/c1-9(17)10-4-3-7-16(8-10)20(18,19)13-11(14)5-2-6-12(13)15/h2,5-6,9-10,17H,3-4,7-8H2,1H3.